The van der Waals surface area contributed by atoms with Crippen LogP contribution in [0.5, 0.6) is 0 Å². The van der Waals surface area contributed by atoms with Crippen molar-refractivity contribution in [3.8, 4) is 0 Å². The van der Waals surface area contributed by atoms with E-state index in [1.807, 2.05) is 12.1 Å². The number of fused-ring (bicyclic) bond motifs is 1. The largest absolute Gasteiger partial charge is 0.409 e. The van der Waals surface area contributed by atoms with Crippen LogP contribution in [-0.2, 0) is 0 Å². The molecule has 1 aromatic heterocycles. The number of aromatic nitrogens is 1. The number of anilines is 1. The molecule has 0 atom stereocenters. The van der Waals surface area contributed by atoms with Crippen LogP contribution in [0.25, 0.3) is 16.8 Å². The summed E-state index contributed by atoms with van der Waals surface area (Å²) < 4.78 is 36.5. The van der Waals surface area contributed by atoms with Gasteiger partial charge in [-0.3, -0.25) is 9.78 Å². The maximum absolute atomic E-state index is 12.4. The van der Waals surface area contributed by atoms with Gasteiger partial charge in [0.2, 0.25) is 0 Å². The Morgan fingerprint density at radius 3 is 2.52 bits per heavy atom. The van der Waals surface area contributed by atoms with E-state index in [0.717, 1.165) is 16.8 Å². The zero-order chi connectivity index (χ0) is 17.9. The van der Waals surface area contributed by atoms with Crippen LogP contribution in [0.2, 0.25) is 0 Å². The molecule has 0 saturated heterocycles. The molecule has 126 valence electrons. The molecule has 2 aromatic carbocycles. The molecule has 0 saturated carbocycles. The van der Waals surface area contributed by atoms with Gasteiger partial charge in [-0.1, -0.05) is 30.3 Å². The standard InChI is InChI=1S/C19H13F3N2O/c20-19(21,22)10-8-13-4-6-14(7-5-13)18(25)24-17-3-1-2-15-12-23-11-9-16(15)17/h1-12H,(H,24,25)/b10-8+. The predicted octanol–water partition coefficient (Wildman–Crippen LogP) is 5.06. The summed E-state index contributed by atoms with van der Waals surface area (Å²) in [6.45, 7) is 0. The summed E-state index contributed by atoms with van der Waals surface area (Å²) in [7, 11) is 0. The van der Waals surface area contributed by atoms with Crippen LogP contribution in [0.15, 0.2) is 67.0 Å². The van der Waals surface area contributed by atoms with E-state index >= 15 is 0 Å². The third kappa shape index (κ3) is 4.23. The second-order valence-electron chi connectivity index (χ2n) is 5.35. The van der Waals surface area contributed by atoms with Crippen LogP contribution in [0.3, 0.4) is 0 Å². The third-order valence-corrected chi connectivity index (χ3v) is 3.57. The second-order valence-corrected chi connectivity index (χ2v) is 5.35. The quantitative estimate of drug-likeness (QED) is 0.723. The molecule has 0 aliphatic heterocycles. The van der Waals surface area contributed by atoms with E-state index in [4.69, 9.17) is 0 Å². The number of amides is 1. The van der Waals surface area contributed by atoms with Gasteiger partial charge in [0.1, 0.15) is 0 Å². The molecule has 3 nitrogen and oxygen atoms in total. The van der Waals surface area contributed by atoms with Crippen LogP contribution < -0.4 is 5.32 Å². The van der Waals surface area contributed by atoms with Gasteiger partial charge in [0.15, 0.2) is 0 Å². The van der Waals surface area contributed by atoms with E-state index in [0.29, 0.717) is 16.8 Å². The molecule has 25 heavy (non-hydrogen) atoms. The van der Waals surface area contributed by atoms with Crippen LogP contribution in [0, 0.1) is 0 Å². The number of benzene rings is 2. The summed E-state index contributed by atoms with van der Waals surface area (Å²) in [5.74, 6) is -0.337. The zero-order valence-electron chi connectivity index (χ0n) is 12.9. The number of nitrogens with zero attached hydrogens (tertiary/aromatic N) is 1. The number of hydrogen-bond donors (Lipinski definition) is 1. The summed E-state index contributed by atoms with van der Waals surface area (Å²) in [5.41, 5.74) is 1.37. The summed E-state index contributed by atoms with van der Waals surface area (Å²) in [6, 6.07) is 13.2. The van der Waals surface area contributed by atoms with Crippen molar-refractivity contribution in [1.82, 2.24) is 4.98 Å². The van der Waals surface area contributed by atoms with E-state index in [2.05, 4.69) is 10.3 Å². The number of nitrogens with one attached hydrogen (secondary N) is 1. The predicted molar refractivity (Wildman–Crippen MR) is 91.2 cm³/mol. The van der Waals surface area contributed by atoms with Gasteiger partial charge < -0.3 is 5.32 Å². The normalized spacial score (nSPS) is 11.8. The van der Waals surface area contributed by atoms with E-state index in [-0.39, 0.29) is 12.0 Å². The molecule has 6 heteroatoms. The van der Waals surface area contributed by atoms with Gasteiger partial charge in [0.05, 0.1) is 0 Å². The average molecular weight is 342 g/mol. The number of carbonyl (C=O) groups is 1. The lowest BCUT2D eigenvalue weighted by atomic mass is 10.1. The van der Waals surface area contributed by atoms with E-state index < -0.39 is 6.18 Å². The molecule has 0 aliphatic carbocycles. The Morgan fingerprint density at radius 1 is 1.04 bits per heavy atom. The Kier molecular flexibility index (Phi) is 4.52. The molecule has 0 bridgehead atoms. The average Bonchev–Trinajstić information content (AvgIpc) is 2.60. The second kappa shape index (κ2) is 6.76. The first kappa shape index (κ1) is 16.7. The highest BCUT2D eigenvalue weighted by atomic mass is 19.4. The number of alkyl halides is 3. The van der Waals surface area contributed by atoms with Crippen LogP contribution in [0.1, 0.15) is 15.9 Å². The highest BCUT2D eigenvalue weighted by Gasteiger charge is 2.21. The molecule has 0 aliphatic rings. The first-order valence-electron chi connectivity index (χ1n) is 7.42. The van der Waals surface area contributed by atoms with Crippen LogP contribution in [-0.4, -0.2) is 17.1 Å². The fourth-order valence-electron chi connectivity index (χ4n) is 2.36. The van der Waals surface area contributed by atoms with Gasteiger partial charge in [-0.15, -0.1) is 0 Å². The minimum absolute atomic E-state index is 0.159. The van der Waals surface area contributed by atoms with Crippen molar-refractivity contribution in [2.75, 3.05) is 5.32 Å². The monoisotopic (exact) mass is 342 g/mol. The molecular formula is C19H13F3N2O. The fourth-order valence-corrected chi connectivity index (χ4v) is 2.36. The molecule has 1 N–H and O–H groups in total. The fraction of sp³-hybridized carbons (Fsp3) is 0.0526. The topological polar surface area (TPSA) is 42.0 Å². The molecule has 3 rings (SSSR count). The van der Waals surface area contributed by atoms with E-state index in [9.17, 15) is 18.0 Å². The van der Waals surface area contributed by atoms with Gasteiger partial charge in [-0.05, 0) is 29.8 Å². The SMILES string of the molecule is O=C(Nc1cccc2cnccc12)c1ccc(/C=C/C(F)(F)F)cc1. The van der Waals surface area contributed by atoms with Crippen molar-refractivity contribution >= 4 is 28.4 Å². The van der Waals surface area contributed by atoms with Crippen molar-refractivity contribution < 1.29 is 18.0 Å². The molecule has 1 heterocycles. The Bertz CT molecular complexity index is 926. The first-order chi connectivity index (χ1) is 11.9. The Morgan fingerprint density at radius 2 is 1.80 bits per heavy atom. The highest BCUT2D eigenvalue weighted by molar-refractivity contribution is 6.09. The van der Waals surface area contributed by atoms with Gasteiger partial charge in [0.25, 0.3) is 5.91 Å². The Balaban J connectivity index is 1.78. The minimum atomic E-state index is -4.36. The summed E-state index contributed by atoms with van der Waals surface area (Å²) in [4.78, 5) is 16.4. The summed E-state index contributed by atoms with van der Waals surface area (Å²) in [6.07, 6.45) is 0.0947. The van der Waals surface area contributed by atoms with E-state index in [1.165, 1.54) is 24.3 Å². The molecule has 0 radical (unpaired) electrons. The Labute approximate surface area is 141 Å². The minimum Gasteiger partial charge on any atom is -0.321 e. The number of hydrogen-bond acceptors (Lipinski definition) is 2. The van der Waals surface area contributed by atoms with E-state index in [1.54, 1.807) is 24.5 Å². The lowest BCUT2D eigenvalue weighted by Gasteiger charge is -2.08. The van der Waals surface area contributed by atoms with Gasteiger partial charge in [-0.2, -0.15) is 13.2 Å². The van der Waals surface area contributed by atoms with Crippen LogP contribution >= 0.6 is 0 Å². The first-order valence-corrected chi connectivity index (χ1v) is 7.42. The van der Waals surface area contributed by atoms with Crippen molar-refractivity contribution in [2.45, 2.75) is 6.18 Å². The van der Waals surface area contributed by atoms with Crippen LogP contribution in [0.4, 0.5) is 18.9 Å². The smallest absolute Gasteiger partial charge is 0.321 e. The maximum atomic E-state index is 12.4. The summed E-state index contributed by atoms with van der Waals surface area (Å²) >= 11 is 0. The van der Waals surface area contributed by atoms with Crippen molar-refractivity contribution in [3.05, 3.63) is 78.1 Å². The number of carbonyl (C=O) groups excluding carboxylic acids is 1. The highest BCUT2D eigenvalue weighted by Crippen LogP contribution is 2.23. The molecule has 3 aromatic rings. The molecular weight excluding hydrogens is 329 g/mol. The van der Waals surface area contributed by atoms with Crippen molar-refractivity contribution in [2.24, 2.45) is 0 Å². The van der Waals surface area contributed by atoms with Gasteiger partial charge in [-0.25, -0.2) is 0 Å². The number of pyridine rings is 1. The van der Waals surface area contributed by atoms with Crippen molar-refractivity contribution in [1.29, 1.82) is 0 Å². The zero-order valence-corrected chi connectivity index (χ0v) is 12.9. The lowest BCUT2D eigenvalue weighted by molar-refractivity contribution is -0.0790. The summed E-state index contributed by atoms with van der Waals surface area (Å²) in [5, 5.41) is 4.57. The third-order valence-electron chi connectivity index (χ3n) is 3.57. The Hall–Kier alpha value is -3.15. The molecule has 0 fully saturated rings. The van der Waals surface area contributed by atoms with Crippen molar-refractivity contribution in [3.63, 3.8) is 0 Å². The maximum Gasteiger partial charge on any atom is 0.409 e. The molecule has 0 unspecified atom stereocenters. The lowest BCUT2D eigenvalue weighted by Crippen LogP contribution is -2.12. The van der Waals surface area contributed by atoms with Gasteiger partial charge >= 0.3 is 6.18 Å². The number of allylic oxidation sites excluding steroid dienone is 1. The molecule has 1 amide bonds. The number of halogens is 3. The number of rotatable bonds is 3. The van der Waals surface area contributed by atoms with Gasteiger partial charge in [0, 0.05) is 40.5 Å². The molecule has 0 spiro atoms.